The number of carbonyl (C=O) groups excluding carboxylic acids is 1. The van der Waals surface area contributed by atoms with Gasteiger partial charge in [-0.2, -0.15) is 0 Å². The summed E-state index contributed by atoms with van der Waals surface area (Å²) in [6, 6.07) is 6.79. The maximum absolute atomic E-state index is 12.3. The van der Waals surface area contributed by atoms with Gasteiger partial charge in [-0.1, -0.05) is 19.1 Å². The van der Waals surface area contributed by atoms with Gasteiger partial charge in [0.05, 0.1) is 19.8 Å². The SMILES string of the molecule is CCCOc1ccc(CCC(=O)N2CCOCC2C(=O)O)cc1. The van der Waals surface area contributed by atoms with E-state index in [0.717, 1.165) is 17.7 Å². The molecule has 23 heavy (non-hydrogen) atoms. The van der Waals surface area contributed by atoms with Gasteiger partial charge in [-0.25, -0.2) is 4.79 Å². The van der Waals surface area contributed by atoms with Gasteiger partial charge in [-0.3, -0.25) is 4.79 Å². The Morgan fingerprint density at radius 1 is 1.35 bits per heavy atom. The highest BCUT2D eigenvalue weighted by Gasteiger charge is 2.32. The van der Waals surface area contributed by atoms with Crippen molar-refractivity contribution >= 4 is 11.9 Å². The summed E-state index contributed by atoms with van der Waals surface area (Å²) in [6.45, 7) is 3.52. The molecule has 1 aliphatic rings. The van der Waals surface area contributed by atoms with Crippen molar-refractivity contribution in [2.45, 2.75) is 32.2 Å². The fraction of sp³-hybridized carbons (Fsp3) is 0.529. The minimum Gasteiger partial charge on any atom is -0.494 e. The first-order valence-electron chi connectivity index (χ1n) is 7.93. The fourth-order valence-corrected chi connectivity index (χ4v) is 2.47. The molecule has 1 aromatic rings. The van der Waals surface area contributed by atoms with E-state index in [1.807, 2.05) is 24.3 Å². The van der Waals surface area contributed by atoms with Crippen molar-refractivity contribution in [1.29, 1.82) is 0 Å². The third-order valence-electron chi connectivity index (χ3n) is 3.76. The number of ether oxygens (including phenoxy) is 2. The summed E-state index contributed by atoms with van der Waals surface area (Å²) in [5.41, 5.74) is 1.03. The van der Waals surface area contributed by atoms with Crippen LogP contribution in [-0.4, -0.2) is 54.3 Å². The summed E-state index contributed by atoms with van der Waals surface area (Å²) >= 11 is 0. The number of hydrogen-bond acceptors (Lipinski definition) is 4. The Hall–Kier alpha value is -2.08. The van der Waals surface area contributed by atoms with Crippen LogP contribution in [0.1, 0.15) is 25.3 Å². The lowest BCUT2D eigenvalue weighted by Crippen LogP contribution is -2.52. The molecule has 0 aromatic heterocycles. The van der Waals surface area contributed by atoms with Crippen LogP contribution in [0.4, 0.5) is 0 Å². The number of hydrogen-bond donors (Lipinski definition) is 1. The smallest absolute Gasteiger partial charge is 0.328 e. The number of carboxylic acid groups (broad SMARTS) is 1. The summed E-state index contributed by atoms with van der Waals surface area (Å²) in [6.07, 6.45) is 1.83. The van der Waals surface area contributed by atoms with Gasteiger partial charge in [0.15, 0.2) is 6.04 Å². The second-order valence-electron chi connectivity index (χ2n) is 5.51. The van der Waals surface area contributed by atoms with Gasteiger partial charge in [0, 0.05) is 13.0 Å². The lowest BCUT2D eigenvalue weighted by molar-refractivity contribution is -0.158. The van der Waals surface area contributed by atoms with Gasteiger partial charge >= 0.3 is 5.97 Å². The summed E-state index contributed by atoms with van der Waals surface area (Å²) in [5.74, 6) is -0.344. The molecule has 2 rings (SSSR count). The van der Waals surface area contributed by atoms with Crippen LogP contribution in [0.25, 0.3) is 0 Å². The van der Waals surface area contributed by atoms with E-state index in [1.165, 1.54) is 4.90 Å². The van der Waals surface area contributed by atoms with Gasteiger partial charge < -0.3 is 19.5 Å². The van der Waals surface area contributed by atoms with Crippen LogP contribution in [0.3, 0.4) is 0 Å². The average molecular weight is 321 g/mol. The van der Waals surface area contributed by atoms with E-state index in [9.17, 15) is 9.59 Å². The molecule has 6 heteroatoms. The van der Waals surface area contributed by atoms with Gasteiger partial charge in [0.25, 0.3) is 0 Å². The number of nitrogens with zero attached hydrogens (tertiary/aromatic N) is 1. The van der Waals surface area contributed by atoms with Crippen LogP contribution in [-0.2, 0) is 20.7 Å². The van der Waals surface area contributed by atoms with E-state index in [2.05, 4.69) is 6.92 Å². The van der Waals surface area contributed by atoms with E-state index < -0.39 is 12.0 Å². The molecule has 0 aliphatic carbocycles. The molecule has 6 nitrogen and oxygen atoms in total. The Morgan fingerprint density at radius 3 is 2.74 bits per heavy atom. The quantitative estimate of drug-likeness (QED) is 0.827. The Morgan fingerprint density at radius 2 is 2.09 bits per heavy atom. The molecule has 1 fully saturated rings. The van der Waals surface area contributed by atoms with Crippen LogP contribution < -0.4 is 4.74 Å². The highest BCUT2D eigenvalue weighted by molar-refractivity contribution is 5.84. The van der Waals surface area contributed by atoms with E-state index >= 15 is 0 Å². The second kappa shape index (κ2) is 8.53. The normalized spacial score (nSPS) is 17.8. The number of aliphatic carboxylic acids is 1. The summed E-state index contributed by atoms with van der Waals surface area (Å²) in [4.78, 5) is 24.9. The lowest BCUT2D eigenvalue weighted by Gasteiger charge is -2.32. The molecule has 1 atom stereocenters. The number of benzene rings is 1. The molecule has 0 radical (unpaired) electrons. The molecule has 1 saturated heterocycles. The van der Waals surface area contributed by atoms with E-state index in [4.69, 9.17) is 14.6 Å². The van der Waals surface area contributed by atoms with Gasteiger partial charge in [0.1, 0.15) is 5.75 Å². The van der Waals surface area contributed by atoms with E-state index in [-0.39, 0.29) is 12.5 Å². The standard InChI is InChI=1S/C17H23NO5/c1-2-10-23-14-6-3-13(4-7-14)5-8-16(19)18-9-11-22-12-15(18)17(20)21/h3-4,6-7,15H,2,5,8-12H2,1H3,(H,20,21). The summed E-state index contributed by atoms with van der Waals surface area (Å²) < 4.78 is 10.7. The number of rotatable bonds is 7. The predicted octanol–water partition coefficient (Wildman–Crippen LogP) is 1.72. The zero-order valence-electron chi connectivity index (χ0n) is 13.4. The van der Waals surface area contributed by atoms with Crippen LogP contribution in [0.2, 0.25) is 0 Å². The number of carboxylic acids is 1. The molecular weight excluding hydrogens is 298 g/mol. The molecule has 1 amide bonds. The first kappa shape index (κ1) is 17.3. The van der Waals surface area contributed by atoms with Gasteiger partial charge in [-0.05, 0) is 30.5 Å². The molecule has 1 N–H and O–H groups in total. The zero-order valence-corrected chi connectivity index (χ0v) is 13.4. The third kappa shape index (κ3) is 4.96. The minimum absolute atomic E-state index is 0.0601. The minimum atomic E-state index is -1.02. The lowest BCUT2D eigenvalue weighted by atomic mass is 10.1. The van der Waals surface area contributed by atoms with Gasteiger partial charge in [0.2, 0.25) is 5.91 Å². The molecule has 0 spiro atoms. The highest BCUT2D eigenvalue weighted by atomic mass is 16.5. The summed E-state index contributed by atoms with van der Waals surface area (Å²) in [5, 5.41) is 9.16. The van der Waals surface area contributed by atoms with E-state index in [1.54, 1.807) is 0 Å². The number of morpholine rings is 1. The average Bonchev–Trinajstić information content (AvgIpc) is 2.58. The molecule has 1 heterocycles. The molecule has 0 saturated carbocycles. The third-order valence-corrected chi connectivity index (χ3v) is 3.76. The number of amides is 1. The zero-order chi connectivity index (χ0) is 16.7. The van der Waals surface area contributed by atoms with Crippen LogP contribution in [0.15, 0.2) is 24.3 Å². The fourth-order valence-electron chi connectivity index (χ4n) is 2.47. The van der Waals surface area contributed by atoms with E-state index in [0.29, 0.717) is 32.6 Å². The highest BCUT2D eigenvalue weighted by Crippen LogP contribution is 2.15. The van der Waals surface area contributed by atoms with Gasteiger partial charge in [-0.15, -0.1) is 0 Å². The monoisotopic (exact) mass is 321 g/mol. The maximum Gasteiger partial charge on any atom is 0.328 e. The second-order valence-corrected chi connectivity index (χ2v) is 5.51. The molecule has 1 unspecified atom stereocenters. The first-order valence-corrected chi connectivity index (χ1v) is 7.93. The van der Waals surface area contributed by atoms with Crippen molar-refractivity contribution in [1.82, 2.24) is 4.90 Å². The molecule has 1 aromatic carbocycles. The van der Waals surface area contributed by atoms with Crippen molar-refractivity contribution in [2.75, 3.05) is 26.4 Å². The van der Waals surface area contributed by atoms with Crippen molar-refractivity contribution < 1.29 is 24.2 Å². The first-order chi connectivity index (χ1) is 11.1. The van der Waals surface area contributed by atoms with Crippen molar-refractivity contribution in [2.24, 2.45) is 0 Å². The maximum atomic E-state index is 12.3. The van der Waals surface area contributed by atoms with Crippen molar-refractivity contribution in [3.8, 4) is 5.75 Å². The number of carbonyl (C=O) groups is 2. The Bertz CT molecular complexity index is 528. The van der Waals surface area contributed by atoms with Crippen LogP contribution in [0.5, 0.6) is 5.75 Å². The molecule has 0 bridgehead atoms. The Kier molecular flexibility index (Phi) is 6.40. The molecular formula is C17H23NO5. The van der Waals surface area contributed by atoms with Crippen LogP contribution in [0, 0.1) is 0 Å². The van der Waals surface area contributed by atoms with Crippen LogP contribution >= 0.6 is 0 Å². The Labute approximate surface area is 136 Å². The topological polar surface area (TPSA) is 76.1 Å². The molecule has 126 valence electrons. The molecule has 1 aliphatic heterocycles. The predicted molar refractivity (Wildman–Crippen MR) is 84.5 cm³/mol. The van der Waals surface area contributed by atoms with Crippen molar-refractivity contribution in [3.63, 3.8) is 0 Å². The number of aryl methyl sites for hydroxylation is 1. The largest absolute Gasteiger partial charge is 0.494 e. The summed E-state index contributed by atoms with van der Waals surface area (Å²) in [7, 11) is 0. The Balaban J connectivity index is 1.86. The van der Waals surface area contributed by atoms with Crippen molar-refractivity contribution in [3.05, 3.63) is 29.8 Å².